The molecule has 4 bridgehead atoms. The Hall–Kier alpha value is -1.05. The maximum atomic E-state index is 10.8. The van der Waals surface area contributed by atoms with Crippen LogP contribution in [0.15, 0.2) is 23.8 Å². The number of hydrogen-bond acceptors (Lipinski definition) is 1. The van der Waals surface area contributed by atoms with E-state index in [1.54, 1.807) is 13.0 Å². The zero-order valence-electron chi connectivity index (χ0n) is 11.1. The summed E-state index contributed by atoms with van der Waals surface area (Å²) in [5.74, 6) is 2.03. The van der Waals surface area contributed by atoms with Crippen LogP contribution in [-0.4, -0.2) is 11.1 Å². The first-order chi connectivity index (χ1) is 8.56. The van der Waals surface area contributed by atoms with Gasteiger partial charge in [0.15, 0.2) is 0 Å². The second-order valence-electron chi connectivity index (χ2n) is 6.79. The highest BCUT2D eigenvalue weighted by Crippen LogP contribution is 2.60. The molecule has 4 aliphatic rings. The van der Waals surface area contributed by atoms with Crippen molar-refractivity contribution >= 4 is 5.97 Å². The topological polar surface area (TPSA) is 37.3 Å². The van der Waals surface area contributed by atoms with E-state index in [0.717, 1.165) is 17.8 Å². The Morgan fingerprint density at radius 1 is 1.11 bits per heavy atom. The molecule has 0 heterocycles. The molecule has 0 spiro atoms. The zero-order chi connectivity index (χ0) is 12.8. The fourth-order valence-corrected chi connectivity index (χ4v) is 4.85. The van der Waals surface area contributed by atoms with Crippen LogP contribution < -0.4 is 0 Å². The van der Waals surface area contributed by atoms with Gasteiger partial charge in [-0.2, -0.15) is 0 Å². The molecule has 0 aromatic heterocycles. The van der Waals surface area contributed by atoms with Crippen molar-refractivity contribution in [1.29, 1.82) is 0 Å². The van der Waals surface area contributed by atoms with E-state index in [-0.39, 0.29) is 0 Å². The van der Waals surface area contributed by atoms with Crippen molar-refractivity contribution < 1.29 is 9.90 Å². The van der Waals surface area contributed by atoms with Crippen LogP contribution in [0, 0.1) is 23.2 Å². The van der Waals surface area contributed by atoms with Crippen LogP contribution in [0.5, 0.6) is 0 Å². The Bertz CT molecular complexity index is 382. The summed E-state index contributed by atoms with van der Waals surface area (Å²) in [4.78, 5) is 10.8. The van der Waals surface area contributed by atoms with Gasteiger partial charge in [0, 0.05) is 5.57 Å². The Morgan fingerprint density at radius 2 is 1.61 bits per heavy atom. The van der Waals surface area contributed by atoms with Crippen LogP contribution in [0.1, 0.15) is 45.4 Å². The molecule has 4 aliphatic carbocycles. The first-order valence-corrected chi connectivity index (χ1v) is 7.16. The molecular formula is C16H22O2. The average molecular weight is 246 g/mol. The molecule has 0 saturated heterocycles. The van der Waals surface area contributed by atoms with Crippen molar-refractivity contribution in [1.82, 2.24) is 0 Å². The van der Waals surface area contributed by atoms with Crippen LogP contribution in [-0.2, 0) is 4.79 Å². The van der Waals surface area contributed by atoms with Crippen LogP contribution in [0.25, 0.3) is 0 Å². The molecule has 4 fully saturated rings. The lowest BCUT2D eigenvalue weighted by Crippen LogP contribution is -2.44. The average Bonchev–Trinajstić information content (AvgIpc) is 2.26. The maximum absolute atomic E-state index is 10.8. The molecule has 4 rings (SSSR count). The summed E-state index contributed by atoms with van der Waals surface area (Å²) in [5.41, 5.74) is 0.834. The van der Waals surface area contributed by atoms with E-state index in [9.17, 15) is 4.79 Å². The summed E-state index contributed by atoms with van der Waals surface area (Å²) < 4.78 is 0. The van der Waals surface area contributed by atoms with E-state index in [0.29, 0.717) is 11.0 Å². The molecule has 0 radical (unpaired) electrons. The van der Waals surface area contributed by atoms with Gasteiger partial charge in [-0.05, 0) is 68.6 Å². The lowest BCUT2D eigenvalue weighted by Gasteiger charge is -2.55. The lowest BCUT2D eigenvalue weighted by atomic mass is 9.49. The van der Waals surface area contributed by atoms with Crippen molar-refractivity contribution in [3.05, 3.63) is 23.8 Å². The van der Waals surface area contributed by atoms with Crippen LogP contribution in [0.4, 0.5) is 0 Å². The number of allylic oxidation sites excluding steroid dienone is 3. The van der Waals surface area contributed by atoms with Gasteiger partial charge >= 0.3 is 5.97 Å². The summed E-state index contributed by atoms with van der Waals surface area (Å²) in [5, 5.41) is 8.84. The van der Waals surface area contributed by atoms with Gasteiger partial charge in [-0.3, -0.25) is 0 Å². The summed E-state index contributed by atoms with van der Waals surface area (Å²) in [7, 11) is 0. The number of aliphatic carboxylic acids is 1. The summed E-state index contributed by atoms with van der Waals surface area (Å²) >= 11 is 0. The Labute approximate surface area is 109 Å². The van der Waals surface area contributed by atoms with E-state index in [1.807, 2.05) is 6.08 Å². The minimum Gasteiger partial charge on any atom is -0.478 e. The molecule has 0 amide bonds. The predicted molar refractivity (Wildman–Crippen MR) is 71.1 cm³/mol. The highest BCUT2D eigenvalue weighted by atomic mass is 16.4. The van der Waals surface area contributed by atoms with Crippen molar-refractivity contribution in [3.8, 4) is 0 Å². The summed E-state index contributed by atoms with van der Waals surface area (Å²) in [6, 6.07) is 0. The van der Waals surface area contributed by atoms with E-state index in [4.69, 9.17) is 5.11 Å². The largest absolute Gasteiger partial charge is 0.478 e. The third kappa shape index (κ3) is 2.13. The van der Waals surface area contributed by atoms with Crippen molar-refractivity contribution in [2.24, 2.45) is 23.2 Å². The lowest BCUT2D eigenvalue weighted by molar-refractivity contribution is -0.132. The molecule has 0 unspecified atom stereocenters. The molecule has 0 aromatic rings. The van der Waals surface area contributed by atoms with E-state index < -0.39 is 5.97 Å². The molecule has 2 heteroatoms. The summed E-state index contributed by atoms with van der Waals surface area (Å²) in [6.45, 7) is 1.66. The Balaban J connectivity index is 1.74. The van der Waals surface area contributed by atoms with E-state index in [1.165, 1.54) is 38.5 Å². The second kappa shape index (κ2) is 4.25. The third-order valence-electron chi connectivity index (χ3n) is 5.22. The summed E-state index contributed by atoms with van der Waals surface area (Å²) in [6.07, 6.45) is 14.5. The SMILES string of the molecule is C/C(=C\C=C\C12CC3CC(CC(C3)C1)C2)C(=O)O. The van der Waals surface area contributed by atoms with Gasteiger partial charge in [0.1, 0.15) is 0 Å². The Kier molecular flexibility index (Phi) is 2.84. The number of carbonyl (C=O) groups is 1. The molecule has 0 atom stereocenters. The smallest absolute Gasteiger partial charge is 0.331 e. The van der Waals surface area contributed by atoms with E-state index >= 15 is 0 Å². The molecule has 2 nitrogen and oxygen atoms in total. The highest BCUT2D eigenvalue weighted by molar-refractivity contribution is 5.86. The van der Waals surface area contributed by atoms with Gasteiger partial charge in [0.05, 0.1) is 0 Å². The first-order valence-electron chi connectivity index (χ1n) is 7.16. The molecule has 0 aromatic carbocycles. The minimum absolute atomic E-state index is 0.407. The maximum Gasteiger partial charge on any atom is 0.331 e. The standard InChI is InChI=1S/C16H22O2/c1-11(15(17)18)3-2-4-16-8-12-5-13(9-16)7-14(6-12)10-16/h2-4,12-14H,5-10H2,1H3,(H,17,18)/b4-2+,11-3+. The van der Waals surface area contributed by atoms with Gasteiger partial charge in [-0.25, -0.2) is 4.79 Å². The van der Waals surface area contributed by atoms with Gasteiger partial charge in [-0.15, -0.1) is 0 Å². The molecule has 4 saturated carbocycles. The van der Waals surface area contributed by atoms with Crippen molar-refractivity contribution in [3.63, 3.8) is 0 Å². The third-order valence-corrected chi connectivity index (χ3v) is 5.22. The zero-order valence-corrected chi connectivity index (χ0v) is 11.1. The number of carboxylic acid groups (broad SMARTS) is 1. The molecule has 1 N–H and O–H groups in total. The Morgan fingerprint density at radius 3 is 2.06 bits per heavy atom. The van der Waals surface area contributed by atoms with Crippen molar-refractivity contribution in [2.45, 2.75) is 45.4 Å². The number of hydrogen-bond donors (Lipinski definition) is 1. The van der Waals surface area contributed by atoms with Gasteiger partial charge < -0.3 is 5.11 Å². The molecule has 0 aliphatic heterocycles. The van der Waals surface area contributed by atoms with Crippen LogP contribution >= 0.6 is 0 Å². The van der Waals surface area contributed by atoms with Crippen LogP contribution in [0.2, 0.25) is 0 Å². The van der Waals surface area contributed by atoms with Crippen LogP contribution in [0.3, 0.4) is 0 Å². The fraction of sp³-hybridized carbons (Fsp3) is 0.688. The first kappa shape index (κ1) is 12.0. The van der Waals surface area contributed by atoms with Gasteiger partial charge in [0.25, 0.3) is 0 Å². The quantitative estimate of drug-likeness (QED) is 0.607. The second-order valence-corrected chi connectivity index (χ2v) is 6.79. The van der Waals surface area contributed by atoms with Gasteiger partial charge in [-0.1, -0.05) is 18.2 Å². The number of rotatable bonds is 3. The molecular weight excluding hydrogens is 224 g/mol. The monoisotopic (exact) mass is 246 g/mol. The number of carboxylic acids is 1. The molecule has 98 valence electrons. The van der Waals surface area contributed by atoms with Crippen molar-refractivity contribution in [2.75, 3.05) is 0 Å². The van der Waals surface area contributed by atoms with E-state index in [2.05, 4.69) is 6.08 Å². The minimum atomic E-state index is -0.815. The van der Waals surface area contributed by atoms with Gasteiger partial charge in [0.2, 0.25) is 0 Å². The fourth-order valence-electron chi connectivity index (χ4n) is 4.85. The predicted octanol–water partition coefficient (Wildman–Crippen LogP) is 3.79. The normalized spacial score (nSPS) is 42.7. The molecule has 18 heavy (non-hydrogen) atoms. The highest BCUT2D eigenvalue weighted by Gasteiger charge is 2.49.